The molecule has 0 aliphatic carbocycles. The van der Waals surface area contributed by atoms with Gasteiger partial charge in [0, 0.05) is 0 Å². The van der Waals surface area contributed by atoms with Gasteiger partial charge in [0.15, 0.2) is 0 Å². The highest BCUT2D eigenvalue weighted by molar-refractivity contribution is 7.85. The molecule has 0 spiro atoms. The van der Waals surface area contributed by atoms with Crippen LogP contribution in [0.4, 0.5) is 0 Å². The van der Waals surface area contributed by atoms with Crippen molar-refractivity contribution in [1.82, 2.24) is 0 Å². The first-order chi connectivity index (χ1) is 10.8. The average Bonchev–Trinajstić information content (AvgIpc) is 2.46. The summed E-state index contributed by atoms with van der Waals surface area (Å²) in [5.74, 6) is -1.54. The van der Waals surface area contributed by atoms with Crippen LogP contribution in [-0.4, -0.2) is 38.1 Å². The lowest BCUT2D eigenvalue weighted by atomic mass is 10.00. The largest absolute Gasteiger partial charge is 0.462 e. The van der Waals surface area contributed by atoms with Gasteiger partial charge < -0.3 is 9.47 Å². The molecule has 1 aromatic rings. The summed E-state index contributed by atoms with van der Waals surface area (Å²) < 4.78 is 42.5. The van der Waals surface area contributed by atoms with Crippen molar-refractivity contribution in [2.45, 2.75) is 38.5 Å². The molecule has 128 valence electrons. The first-order valence-electron chi connectivity index (χ1n) is 7.24. The van der Waals surface area contributed by atoms with Crippen LogP contribution in [0.1, 0.15) is 53.5 Å². The highest BCUT2D eigenvalue weighted by Crippen LogP contribution is 2.25. The Morgan fingerprint density at radius 1 is 1.04 bits per heavy atom. The smallest absolute Gasteiger partial charge is 0.338 e. The van der Waals surface area contributed by atoms with Gasteiger partial charge in [-0.3, -0.25) is 4.55 Å². The van der Waals surface area contributed by atoms with Crippen molar-refractivity contribution in [3.8, 4) is 0 Å². The normalized spacial score (nSPS) is 11.1. The van der Waals surface area contributed by atoms with E-state index < -0.39 is 27.0 Å². The second-order valence-corrected chi connectivity index (χ2v) is 6.06. The zero-order valence-corrected chi connectivity index (χ0v) is 14.1. The number of benzene rings is 1. The maximum Gasteiger partial charge on any atom is 0.338 e. The summed E-state index contributed by atoms with van der Waals surface area (Å²) in [7, 11) is -4.61. The Morgan fingerprint density at radius 2 is 1.61 bits per heavy atom. The Balaban J connectivity index is 3.65. The van der Waals surface area contributed by atoms with Gasteiger partial charge >= 0.3 is 11.9 Å². The molecular weight excluding hydrogens is 324 g/mol. The minimum absolute atomic E-state index is 0.0631. The van der Waals surface area contributed by atoms with E-state index in [9.17, 15) is 22.6 Å². The maximum absolute atomic E-state index is 12.1. The van der Waals surface area contributed by atoms with Crippen molar-refractivity contribution in [3.05, 3.63) is 28.8 Å². The monoisotopic (exact) mass is 344 g/mol. The molecule has 1 aromatic carbocycles. The van der Waals surface area contributed by atoms with Gasteiger partial charge in [0.25, 0.3) is 10.1 Å². The lowest BCUT2D eigenvalue weighted by Crippen LogP contribution is -2.16. The van der Waals surface area contributed by atoms with Crippen molar-refractivity contribution in [3.63, 3.8) is 0 Å². The molecule has 0 saturated carbocycles. The third-order valence-electron chi connectivity index (χ3n) is 2.99. The molecule has 7 nitrogen and oxygen atoms in total. The minimum Gasteiger partial charge on any atom is -0.462 e. The number of hydrogen-bond donors (Lipinski definition) is 1. The van der Waals surface area contributed by atoms with Crippen LogP contribution in [-0.2, 0) is 26.0 Å². The number of ether oxygens (including phenoxy) is 2. The van der Waals surface area contributed by atoms with Crippen molar-refractivity contribution >= 4 is 22.1 Å². The van der Waals surface area contributed by atoms with Crippen LogP contribution >= 0.6 is 0 Å². The second-order valence-electron chi connectivity index (χ2n) is 4.67. The van der Waals surface area contributed by atoms with E-state index in [1.807, 2.05) is 0 Å². The van der Waals surface area contributed by atoms with E-state index in [1.165, 1.54) is 6.07 Å². The topological polar surface area (TPSA) is 107 Å². The maximum atomic E-state index is 12.1. The fraction of sp³-hybridized carbons (Fsp3) is 0.467. The molecule has 0 atom stereocenters. The van der Waals surface area contributed by atoms with Crippen molar-refractivity contribution in [1.29, 1.82) is 0 Å². The summed E-state index contributed by atoms with van der Waals surface area (Å²) in [6.07, 6.45) is 0.764. The van der Waals surface area contributed by atoms with Crippen molar-refractivity contribution in [2.75, 3.05) is 13.2 Å². The molecule has 23 heavy (non-hydrogen) atoms. The molecule has 0 bridgehead atoms. The third-order valence-corrected chi connectivity index (χ3v) is 3.91. The van der Waals surface area contributed by atoms with Crippen molar-refractivity contribution < 1.29 is 32.0 Å². The van der Waals surface area contributed by atoms with Crippen molar-refractivity contribution in [2.24, 2.45) is 0 Å². The van der Waals surface area contributed by atoms with E-state index in [0.29, 0.717) is 6.42 Å². The summed E-state index contributed by atoms with van der Waals surface area (Å²) in [5, 5.41) is 0. The average molecular weight is 344 g/mol. The summed E-state index contributed by atoms with van der Waals surface area (Å²) >= 11 is 0. The summed E-state index contributed by atoms with van der Waals surface area (Å²) in [4.78, 5) is 23.5. The quantitative estimate of drug-likeness (QED) is 0.597. The molecule has 0 heterocycles. The van der Waals surface area contributed by atoms with Crippen LogP contribution in [0.5, 0.6) is 0 Å². The van der Waals surface area contributed by atoms with E-state index in [0.717, 1.165) is 6.07 Å². The number of carbonyl (C=O) groups excluding carboxylic acids is 2. The zero-order chi connectivity index (χ0) is 17.6. The van der Waals surface area contributed by atoms with Gasteiger partial charge in [0.1, 0.15) is 0 Å². The molecule has 0 aromatic heterocycles. The number of esters is 2. The molecule has 0 amide bonds. The third kappa shape index (κ3) is 4.77. The zero-order valence-electron chi connectivity index (χ0n) is 13.3. The standard InChI is InChI=1S/C15H20O7S/c1-4-7-11-12(15(17)22-6-3)8-10(14(16)21-5-2)9-13(11)23(18,19)20/h8-9H,4-7H2,1-3H3,(H,18,19,20). The Labute approximate surface area is 135 Å². The van der Waals surface area contributed by atoms with Gasteiger partial charge in [0.2, 0.25) is 0 Å². The fourth-order valence-corrected chi connectivity index (χ4v) is 2.91. The molecule has 1 rings (SSSR count). The predicted molar refractivity (Wildman–Crippen MR) is 82.2 cm³/mol. The van der Waals surface area contributed by atoms with Gasteiger partial charge in [-0.15, -0.1) is 0 Å². The van der Waals surface area contributed by atoms with E-state index in [1.54, 1.807) is 20.8 Å². The molecule has 0 aliphatic heterocycles. The van der Waals surface area contributed by atoms with E-state index in [4.69, 9.17) is 9.47 Å². The van der Waals surface area contributed by atoms with Crippen LogP contribution in [0, 0.1) is 0 Å². The summed E-state index contributed by atoms with van der Waals surface area (Å²) in [5.41, 5.74) is -0.0734. The Kier molecular flexibility index (Phi) is 6.71. The first-order valence-corrected chi connectivity index (χ1v) is 8.68. The molecule has 0 saturated heterocycles. The van der Waals surface area contributed by atoms with Crippen LogP contribution in [0.15, 0.2) is 17.0 Å². The number of rotatable bonds is 7. The molecule has 8 heteroatoms. The van der Waals surface area contributed by atoms with E-state index >= 15 is 0 Å². The lowest BCUT2D eigenvalue weighted by molar-refractivity contribution is 0.0523. The van der Waals surface area contributed by atoms with Gasteiger partial charge in [0.05, 0.1) is 29.2 Å². The van der Waals surface area contributed by atoms with Gasteiger partial charge in [-0.1, -0.05) is 13.3 Å². The highest BCUT2D eigenvalue weighted by atomic mass is 32.2. The predicted octanol–water partition coefficient (Wildman–Crippen LogP) is 2.24. The fourth-order valence-electron chi connectivity index (χ4n) is 2.11. The molecule has 1 N–H and O–H groups in total. The van der Waals surface area contributed by atoms with Gasteiger partial charge in [-0.2, -0.15) is 8.42 Å². The van der Waals surface area contributed by atoms with Crippen LogP contribution in [0.2, 0.25) is 0 Å². The summed E-state index contributed by atoms with van der Waals surface area (Å²) in [6, 6.07) is 2.25. The Morgan fingerprint density at radius 3 is 2.09 bits per heavy atom. The lowest BCUT2D eigenvalue weighted by Gasteiger charge is -2.14. The minimum atomic E-state index is -4.61. The second kappa shape index (κ2) is 8.07. The molecular formula is C15H20O7S. The summed E-state index contributed by atoms with van der Waals surface area (Å²) in [6.45, 7) is 5.18. The van der Waals surface area contributed by atoms with Crippen LogP contribution in [0.3, 0.4) is 0 Å². The molecule has 0 radical (unpaired) electrons. The van der Waals surface area contributed by atoms with Crippen LogP contribution in [0.25, 0.3) is 0 Å². The van der Waals surface area contributed by atoms with Gasteiger partial charge in [-0.05, 0) is 38.0 Å². The Bertz CT molecular complexity index is 692. The number of carbonyl (C=O) groups is 2. The van der Waals surface area contributed by atoms with Gasteiger partial charge in [-0.25, -0.2) is 9.59 Å². The number of hydrogen-bond acceptors (Lipinski definition) is 6. The molecule has 0 unspecified atom stereocenters. The van der Waals surface area contributed by atoms with E-state index in [2.05, 4.69) is 0 Å². The molecule has 0 fully saturated rings. The molecule has 0 aliphatic rings. The highest BCUT2D eigenvalue weighted by Gasteiger charge is 2.25. The SMILES string of the molecule is CCCc1c(C(=O)OCC)cc(C(=O)OCC)cc1S(=O)(=O)O. The van der Waals surface area contributed by atoms with Crippen LogP contribution < -0.4 is 0 Å². The Hall–Kier alpha value is -1.93. The first kappa shape index (κ1) is 19.1. The van der Waals surface area contributed by atoms with E-state index in [-0.39, 0.29) is 36.3 Å².